The summed E-state index contributed by atoms with van der Waals surface area (Å²) in [5.74, 6) is 1.96. The number of nitrogens with zero attached hydrogens (tertiary/aromatic N) is 1. The lowest BCUT2D eigenvalue weighted by Gasteiger charge is -2.21. The first-order valence-electron chi connectivity index (χ1n) is 6.60. The summed E-state index contributed by atoms with van der Waals surface area (Å²) in [6.45, 7) is 5.82. The predicted octanol–water partition coefficient (Wildman–Crippen LogP) is 3.25. The van der Waals surface area contributed by atoms with Gasteiger partial charge < -0.3 is 14.6 Å². The zero-order valence-corrected chi connectivity index (χ0v) is 12.2. The summed E-state index contributed by atoms with van der Waals surface area (Å²) in [6, 6.07) is 10.6. The minimum absolute atomic E-state index is 0.792. The van der Waals surface area contributed by atoms with E-state index in [1.165, 1.54) is 16.8 Å². The molecule has 2 aromatic rings. The van der Waals surface area contributed by atoms with Gasteiger partial charge in [0.25, 0.3) is 0 Å². The molecule has 102 valence electrons. The Balaban J connectivity index is 2.12. The summed E-state index contributed by atoms with van der Waals surface area (Å²) in [6.07, 6.45) is 0. The van der Waals surface area contributed by atoms with E-state index in [4.69, 9.17) is 4.42 Å². The fraction of sp³-hybridized carbons (Fsp3) is 0.375. The summed E-state index contributed by atoms with van der Waals surface area (Å²) in [5.41, 5.74) is 3.85. The first-order chi connectivity index (χ1) is 9.10. The number of benzene rings is 1. The maximum Gasteiger partial charge on any atom is 0.123 e. The molecule has 19 heavy (non-hydrogen) atoms. The predicted molar refractivity (Wildman–Crippen MR) is 79.5 cm³/mol. The molecule has 0 aliphatic carbocycles. The van der Waals surface area contributed by atoms with Crippen molar-refractivity contribution in [1.82, 2.24) is 5.32 Å². The lowest BCUT2D eigenvalue weighted by atomic mass is 10.1. The van der Waals surface area contributed by atoms with Crippen molar-refractivity contribution < 1.29 is 4.42 Å². The first-order valence-corrected chi connectivity index (χ1v) is 6.60. The van der Waals surface area contributed by atoms with Gasteiger partial charge in [-0.15, -0.1) is 0 Å². The van der Waals surface area contributed by atoms with Gasteiger partial charge >= 0.3 is 0 Å². The normalized spacial score (nSPS) is 10.7. The van der Waals surface area contributed by atoms with Gasteiger partial charge in [-0.2, -0.15) is 0 Å². The van der Waals surface area contributed by atoms with Gasteiger partial charge in [0.15, 0.2) is 0 Å². The van der Waals surface area contributed by atoms with E-state index in [0.29, 0.717) is 0 Å². The van der Waals surface area contributed by atoms with Crippen LogP contribution in [-0.2, 0) is 13.1 Å². The van der Waals surface area contributed by atoms with Crippen LogP contribution >= 0.6 is 0 Å². The van der Waals surface area contributed by atoms with E-state index in [1.54, 1.807) is 0 Å². The molecule has 1 aromatic heterocycles. The second-order valence-electron chi connectivity index (χ2n) is 5.02. The first kappa shape index (κ1) is 13.7. The molecule has 0 saturated heterocycles. The van der Waals surface area contributed by atoms with Gasteiger partial charge in [0, 0.05) is 19.3 Å². The summed E-state index contributed by atoms with van der Waals surface area (Å²) in [5, 5.41) is 3.17. The molecule has 1 N–H and O–H groups in total. The zero-order chi connectivity index (χ0) is 13.8. The summed E-state index contributed by atoms with van der Waals surface area (Å²) < 4.78 is 5.63. The van der Waals surface area contributed by atoms with Crippen LogP contribution < -0.4 is 10.2 Å². The minimum atomic E-state index is 0.792. The van der Waals surface area contributed by atoms with Crippen molar-refractivity contribution in [3.8, 4) is 0 Å². The molecule has 0 radical (unpaired) electrons. The SMILES string of the molecule is CNCc1ccc(N(C)Cc2ccc(C)o2)c(C)c1. The number of hydrogen-bond acceptors (Lipinski definition) is 3. The Morgan fingerprint density at radius 3 is 2.53 bits per heavy atom. The maximum absolute atomic E-state index is 5.63. The molecular formula is C16H22N2O. The second kappa shape index (κ2) is 5.93. The number of aryl methyl sites for hydroxylation is 2. The molecule has 3 heteroatoms. The Morgan fingerprint density at radius 1 is 1.16 bits per heavy atom. The van der Waals surface area contributed by atoms with Crippen molar-refractivity contribution in [3.05, 3.63) is 53.0 Å². The number of nitrogens with one attached hydrogen (secondary N) is 1. The Labute approximate surface area is 115 Å². The molecule has 1 aromatic carbocycles. The average Bonchev–Trinajstić information content (AvgIpc) is 2.75. The van der Waals surface area contributed by atoms with E-state index in [0.717, 1.165) is 24.6 Å². The van der Waals surface area contributed by atoms with Crippen LogP contribution in [0.25, 0.3) is 0 Å². The number of furan rings is 1. The highest BCUT2D eigenvalue weighted by molar-refractivity contribution is 5.54. The third-order valence-electron chi connectivity index (χ3n) is 3.24. The fourth-order valence-electron chi connectivity index (χ4n) is 2.35. The van der Waals surface area contributed by atoms with E-state index in [-0.39, 0.29) is 0 Å². The van der Waals surface area contributed by atoms with Crippen LogP contribution in [-0.4, -0.2) is 14.1 Å². The standard InChI is InChI=1S/C16H22N2O/c1-12-9-14(10-17-3)6-8-16(12)18(4)11-15-7-5-13(2)19-15/h5-9,17H,10-11H2,1-4H3. The van der Waals surface area contributed by atoms with Crippen LogP contribution in [0.2, 0.25) is 0 Å². The monoisotopic (exact) mass is 258 g/mol. The molecule has 0 saturated carbocycles. The summed E-state index contributed by atoms with van der Waals surface area (Å²) in [7, 11) is 4.06. The molecule has 0 unspecified atom stereocenters. The molecule has 3 nitrogen and oxygen atoms in total. The van der Waals surface area contributed by atoms with Crippen molar-refractivity contribution in [2.24, 2.45) is 0 Å². The van der Waals surface area contributed by atoms with Crippen LogP contribution in [0.15, 0.2) is 34.7 Å². The van der Waals surface area contributed by atoms with E-state index >= 15 is 0 Å². The van der Waals surface area contributed by atoms with Gasteiger partial charge in [0.05, 0.1) is 6.54 Å². The minimum Gasteiger partial charge on any atom is -0.464 e. The second-order valence-corrected chi connectivity index (χ2v) is 5.02. The number of rotatable bonds is 5. The molecule has 0 fully saturated rings. The summed E-state index contributed by atoms with van der Waals surface area (Å²) in [4.78, 5) is 2.22. The van der Waals surface area contributed by atoms with Crippen LogP contribution in [0.1, 0.15) is 22.6 Å². The van der Waals surface area contributed by atoms with Gasteiger partial charge in [0.1, 0.15) is 11.5 Å². The van der Waals surface area contributed by atoms with Crippen LogP contribution in [0.3, 0.4) is 0 Å². The molecule has 0 aliphatic heterocycles. The van der Waals surface area contributed by atoms with Crippen LogP contribution in [0.5, 0.6) is 0 Å². The van der Waals surface area contributed by atoms with Gasteiger partial charge in [0.2, 0.25) is 0 Å². The number of anilines is 1. The van der Waals surface area contributed by atoms with E-state index in [1.807, 2.05) is 26.1 Å². The van der Waals surface area contributed by atoms with Crippen LogP contribution in [0.4, 0.5) is 5.69 Å². The summed E-state index contributed by atoms with van der Waals surface area (Å²) >= 11 is 0. The lowest BCUT2D eigenvalue weighted by Crippen LogP contribution is -2.17. The largest absolute Gasteiger partial charge is 0.464 e. The van der Waals surface area contributed by atoms with Crippen molar-refractivity contribution in [1.29, 1.82) is 0 Å². The molecule has 1 heterocycles. The fourth-order valence-corrected chi connectivity index (χ4v) is 2.35. The molecule has 2 rings (SSSR count). The average molecular weight is 258 g/mol. The maximum atomic E-state index is 5.63. The quantitative estimate of drug-likeness (QED) is 0.892. The van der Waals surface area contributed by atoms with Crippen molar-refractivity contribution >= 4 is 5.69 Å². The topological polar surface area (TPSA) is 28.4 Å². The highest BCUT2D eigenvalue weighted by Crippen LogP contribution is 2.22. The van der Waals surface area contributed by atoms with Crippen molar-refractivity contribution in [2.75, 3.05) is 19.0 Å². The zero-order valence-electron chi connectivity index (χ0n) is 12.2. The smallest absolute Gasteiger partial charge is 0.123 e. The van der Waals surface area contributed by atoms with Gasteiger partial charge in [-0.1, -0.05) is 12.1 Å². The van der Waals surface area contributed by atoms with E-state index in [9.17, 15) is 0 Å². The Morgan fingerprint density at radius 2 is 1.95 bits per heavy atom. The highest BCUT2D eigenvalue weighted by atomic mass is 16.3. The Hall–Kier alpha value is -1.74. The van der Waals surface area contributed by atoms with E-state index in [2.05, 4.69) is 42.4 Å². The third kappa shape index (κ3) is 3.38. The van der Waals surface area contributed by atoms with Crippen LogP contribution in [0, 0.1) is 13.8 Å². The molecular weight excluding hydrogens is 236 g/mol. The third-order valence-corrected chi connectivity index (χ3v) is 3.24. The molecule has 0 aliphatic rings. The Kier molecular flexibility index (Phi) is 4.27. The van der Waals surface area contributed by atoms with Crippen molar-refractivity contribution in [3.63, 3.8) is 0 Å². The van der Waals surface area contributed by atoms with Gasteiger partial charge in [-0.25, -0.2) is 0 Å². The van der Waals surface area contributed by atoms with E-state index < -0.39 is 0 Å². The molecule has 0 atom stereocenters. The Bertz CT molecular complexity index is 545. The highest BCUT2D eigenvalue weighted by Gasteiger charge is 2.08. The molecule has 0 spiro atoms. The van der Waals surface area contributed by atoms with Gasteiger partial charge in [-0.3, -0.25) is 0 Å². The molecule has 0 bridgehead atoms. The number of hydrogen-bond donors (Lipinski definition) is 1. The molecule has 0 amide bonds. The van der Waals surface area contributed by atoms with Gasteiger partial charge in [-0.05, 0) is 50.2 Å². The van der Waals surface area contributed by atoms with Crippen molar-refractivity contribution in [2.45, 2.75) is 26.9 Å². The lowest BCUT2D eigenvalue weighted by molar-refractivity contribution is 0.481.